The smallest absolute Gasteiger partial charge is 0.308 e. The Morgan fingerprint density at radius 1 is 1.24 bits per heavy atom. The summed E-state index contributed by atoms with van der Waals surface area (Å²) in [6, 6.07) is 9.64. The lowest BCUT2D eigenvalue weighted by Gasteiger charge is -2.21. The normalized spacial score (nSPS) is 15.2. The van der Waals surface area contributed by atoms with Gasteiger partial charge in [-0.05, 0) is 19.4 Å². The Hall–Kier alpha value is -1.43. The number of aliphatic hydroxyl groups is 2. The van der Waals surface area contributed by atoms with Gasteiger partial charge in [0.25, 0.3) is 0 Å². The Kier molecular flexibility index (Phi) is 7.97. The average Bonchev–Trinajstić information content (AvgIpc) is 2.45. The molecule has 21 heavy (non-hydrogen) atoms. The maximum Gasteiger partial charge on any atom is 0.308 e. The fourth-order valence-corrected chi connectivity index (χ4v) is 1.88. The van der Waals surface area contributed by atoms with Gasteiger partial charge in [0.2, 0.25) is 0 Å². The van der Waals surface area contributed by atoms with Crippen molar-refractivity contribution in [1.29, 1.82) is 0 Å². The molecule has 0 unspecified atom stereocenters. The standard InChI is InChI=1S/C16H24O5/c1-3-20-16(19)10-14(17)9-15(18)12(2)21-11-13-7-5-4-6-8-13/h4-8,12,14-15,17-18H,3,9-11H2,1-2H3/t12-,14-,15-/m1/s1. The van der Waals surface area contributed by atoms with Crippen LogP contribution in [0.2, 0.25) is 0 Å². The van der Waals surface area contributed by atoms with E-state index in [1.54, 1.807) is 13.8 Å². The zero-order valence-corrected chi connectivity index (χ0v) is 12.6. The molecule has 5 nitrogen and oxygen atoms in total. The monoisotopic (exact) mass is 296 g/mol. The van der Waals surface area contributed by atoms with Gasteiger partial charge in [-0.15, -0.1) is 0 Å². The zero-order valence-electron chi connectivity index (χ0n) is 12.6. The molecule has 1 aromatic carbocycles. The highest BCUT2D eigenvalue weighted by atomic mass is 16.5. The van der Waals surface area contributed by atoms with Gasteiger partial charge in [0.05, 0.1) is 37.9 Å². The number of ether oxygens (including phenoxy) is 2. The first-order chi connectivity index (χ1) is 10.0. The topological polar surface area (TPSA) is 76.0 Å². The van der Waals surface area contributed by atoms with Gasteiger partial charge in [0, 0.05) is 6.42 Å². The van der Waals surface area contributed by atoms with Crippen molar-refractivity contribution in [3.63, 3.8) is 0 Å². The highest BCUT2D eigenvalue weighted by Crippen LogP contribution is 2.12. The highest BCUT2D eigenvalue weighted by Gasteiger charge is 2.21. The lowest BCUT2D eigenvalue weighted by Crippen LogP contribution is -2.31. The SMILES string of the molecule is CCOC(=O)C[C@H](O)C[C@@H](O)[C@@H](C)OCc1ccccc1. The van der Waals surface area contributed by atoms with Gasteiger partial charge in [-0.1, -0.05) is 30.3 Å². The first-order valence-corrected chi connectivity index (χ1v) is 7.20. The van der Waals surface area contributed by atoms with E-state index in [1.165, 1.54) is 0 Å². The molecule has 0 aromatic heterocycles. The van der Waals surface area contributed by atoms with Crippen molar-refractivity contribution in [3.8, 4) is 0 Å². The molecule has 5 heteroatoms. The van der Waals surface area contributed by atoms with Gasteiger partial charge in [-0.3, -0.25) is 4.79 Å². The molecule has 2 N–H and O–H groups in total. The van der Waals surface area contributed by atoms with Gasteiger partial charge in [-0.25, -0.2) is 0 Å². The maximum atomic E-state index is 11.2. The summed E-state index contributed by atoms with van der Waals surface area (Å²) in [4.78, 5) is 11.2. The summed E-state index contributed by atoms with van der Waals surface area (Å²) in [7, 11) is 0. The third-order valence-corrected chi connectivity index (χ3v) is 3.12. The van der Waals surface area contributed by atoms with E-state index in [4.69, 9.17) is 9.47 Å². The van der Waals surface area contributed by atoms with E-state index in [0.29, 0.717) is 6.61 Å². The molecule has 3 atom stereocenters. The molecule has 1 aromatic rings. The van der Waals surface area contributed by atoms with E-state index in [2.05, 4.69) is 0 Å². The lowest BCUT2D eigenvalue weighted by molar-refractivity contribution is -0.146. The molecule has 0 aliphatic rings. The Morgan fingerprint density at radius 2 is 1.90 bits per heavy atom. The predicted octanol–water partition coefficient (Wildman–Crippen LogP) is 1.66. The molecule has 0 aliphatic carbocycles. The van der Waals surface area contributed by atoms with Crippen LogP contribution in [0.4, 0.5) is 0 Å². The minimum Gasteiger partial charge on any atom is -0.466 e. The Bertz CT molecular complexity index is 406. The van der Waals surface area contributed by atoms with Gasteiger partial charge in [0.1, 0.15) is 0 Å². The highest BCUT2D eigenvalue weighted by molar-refractivity contribution is 5.69. The van der Waals surface area contributed by atoms with Crippen molar-refractivity contribution in [3.05, 3.63) is 35.9 Å². The van der Waals surface area contributed by atoms with Crippen LogP contribution in [0.1, 0.15) is 32.3 Å². The molecular formula is C16H24O5. The minimum absolute atomic E-state index is 0.0781. The summed E-state index contributed by atoms with van der Waals surface area (Å²) in [6.45, 7) is 4.13. The van der Waals surface area contributed by atoms with Crippen LogP contribution in [0, 0.1) is 0 Å². The van der Waals surface area contributed by atoms with Gasteiger partial charge < -0.3 is 19.7 Å². The van der Waals surface area contributed by atoms with Crippen LogP contribution in [-0.2, 0) is 20.9 Å². The molecule has 0 radical (unpaired) electrons. The molecular weight excluding hydrogens is 272 g/mol. The number of aliphatic hydroxyl groups excluding tert-OH is 2. The second kappa shape index (κ2) is 9.50. The summed E-state index contributed by atoms with van der Waals surface area (Å²) < 4.78 is 10.3. The number of rotatable bonds is 9. The number of carbonyl (C=O) groups excluding carboxylic acids is 1. The van der Waals surface area contributed by atoms with Crippen molar-refractivity contribution in [2.45, 2.75) is 51.6 Å². The van der Waals surface area contributed by atoms with Crippen LogP contribution in [-0.4, -0.2) is 41.1 Å². The number of esters is 1. The van der Waals surface area contributed by atoms with E-state index in [0.717, 1.165) is 5.56 Å². The molecule has 0 amide bonds. The average molecular weight is 296 g/mol. The second-order valence-electron chi connectivity index (χ2n) is 4.97. The molecule has 1 rings (SSSR count). The van der Waals surface area contributed by atoms with Gasteiger partial charge in [-0.2, -0.15) is 0 Å². The first-order valence-electron chi connectivity index (χ1n) is 7.20. The van der Waals surface area contributed by atoms with Crippen LogP contribution in [0.15, 0.2) is 30.3 Å². The molecule has 0 saturated carbocycles. The molecule has 118 valence electrons. The molecule has 0 bridgehead atoms. The molecule has 0 spiro atoms. The Morgan fingerprint density at radius 3 is 2.52 bits per heavy atom. The number of benzene rings is 1. The number of hydrogen-bond donors (Lipinski definition) is 2. The quantitative estimate of drug-likeness (QED) is 0.678. The Labute approximate surface area is 125 Å². The van der Waals surface area contributed by atoms with Crippen molar-refractivity contribution < 1.29 is 24.5 Å². The van der Waals surface area contributed by atoms with Gasteiger partial charge in [0.15, 0.2) is 0 Å². The van der Waals surface area contributed by atoms with Crippen LogP contribution < -0.4 is 0 Å². The third kappa shape index (κ3) is 7.22. The van der Waals surface area contributed by atoms with Crippen LogP contribution in [0.3, 0.4) is 0 Å². The van der Waals surface area contributed by atoms with Gasteiger partial charge >= 0.3 is 5.97 Å². The summed E-state index contributed by atoms with van der Waals surface area (Å²) in [5.41, 5.74) is 1.02. The molecule has 0 fully saturated rings. The van der Waals surface area contributed by atoms with E-state index in [1.807, 2.05) is 30.3 Å². The van der Waals surface area contributed by atoms with Crippen LogP contribution >= 0.6 is 0 Å². The predicted molar refractivity (Wildman–Crippen MR) is 78.6 cm³/mol. The summed E-state index contributed by atoms with van der Waals surface area (Å²) in [6.07, 6.45) is -2.23. The lowest BCUT2D eigenvalue weighted by atomic mass is 10.1. The summed E-state index contributed by atoms with van der Waals surface area (Å²) >= 11 is 0. The van der Waals surface area contributed by atoms with Crippen molar-refractivity contribution in [2.24, 2.45) is 0 Å². The van der Waals surface area contributed by atoms with E-state index < -0.39 is 24.3 Å². The summed E-state index contributed by atoms with van der Waals surface area (Å²) in [5.74, 6) is -0.463. The van der Waals surface area contributed by atoms with Crippen LogP contribution in [0.5, 0.6) is 0 Å². The molecule has 0 saturated heterocycles. The fourth-order valence-electron chi connectivity index (χ4n) is 1.88. The zero-order chi connectivity index (χ0) is 15.7. The first kappa shape index (κ1) is 17.6. The molecule has 0 heterocycles. The minimum atomic E-state index is -0.929. The number of hydrogen-bond acceptors (Lipinski definition) is 5. The van der Waals surface area contributed by atoms with Crippen molar-refractivity contribution >= 4 is 5.97 Å². The van der Waals surface area contributed by atoms with E-state index in [-0.39, 0.29) is 19.4 Å². The van der Waals surface area contributed by atoms with Crippen molar-refractivity contribution in [1.82, 2.24) is 0 Å². The van der Waals surface area contributed by atoms with E-state index >= 15 is 0 Å². The van der Waals surface area contributed by atoms with Crippen molar-refractivity contribution in [2.75, 3.05) is 6.61 Å². The third-order valence-electron chi connectivity index (χ3n) is 3.12. The second-order valence-corrected chi connectivity index (χ2v) is 4.97. The largest absolute Gasteiger partial charge is 0.466 e. The molecule has 0 aliphatic heterocycles. The summed E-state index contributed by atoms with van der Waals surface area (Å²) in [5, 5.41) is 19.7. The fraction of sp³-hybridized carbons (Fsp3) is 0.562. The number of carbonyl (C=O) groups is 1. The maximum absolute atomic E-state index is 11.2. The van der Waals surface area contributed by atoms with E-state index in [9.17, 15) is 15.0 Å². The Balaban J connectivity index is 2.30. The van der Waals surface area contributed by atoms with Crippen LogP contribution in [0.25, 0.3) is 0 Å².